The van der Waals surface area contributed by atoms with E-state index in [1.54, 1.807) is 30.3 Å². The van der Waals surface area contributed by atoms with Gasteiger partial charge in [-0.15, -0.1) is 0 Å². The Morgan fingerprint density at radius 1 is 1.00 bits per heavy atom. The van der Waals surface area contributed by atoms with E-state index in [0.29, 0.717) is 12.0 Å². The van der Waals surface area contributed by atoms with Crippen LogP contribution in [0.25, 0.3) is 0 Å². The standard InChI is InChI=1S/C25H25N3O8S.C2H2O4/c1-16(26-15-23(31)18-12-19(29)14-20(30)13-18)11-17-7-9-21(10-8-17)35-24-25(28(32)36-27-24)37(33,34)22-5-3-2-4-6-22;3-1(4)2(5)6/h2-10,12-14,16,23,26,29-31H,11,15H2,1H3;(H,3,4)(H,5,6). The average Bonchev–Trinajstić information content (AvgIpc) is 3.33. The van der Waals surface area contributed by atoms with Gasteiger partial charge in [0.2, 0.25) is 0 Å². The number of benzene rings is 3. The van der Waals surface area contributed by atoms with Gasteiger partial charge in [0.25, 0.3) is 9.84 Å². The number of aliphatic carboxylic acids is 2. The lowest BCUT2D eigenvalue weighted by Gasteiger charge is -2.18. The van der Waals surface area contributed by atoms with Crippen LogP contribution >= 0.6 is 0 Å². The number of carboxylic acid groups (broad SMARTS) is 2. The summed E-state index contributed by atoms with van der Waals surface area (Å²) in [6.45, 7) is 2.13. The second-order valence-electron chi connectivity index (χ2n) is 9.03. The van der Waals surface area contributed by atoms with E-state index in [9.17, 15) is 28.9 Å². The lowest BCUT2D eigenvalue weighted by molar-refractivity contribution is -0.832. The van der Waals surface area contributed by atoms with Crippen molar-refractivity contribution in [2.24, 2.45) is 0 Å². The van der Waals surface area contributed by atoms with Crippen LogP contribution in [0.15, 0.2) is 87.3 Å². The van der Waals surface area contributed by atoms with Gasteiger partial charge in [0, 0.05) is 18.7 Å². The van der Waals surface area contributed by atoms with Gasteiger partial charge in [0.1, 0.15) is 17.2 Å². The molecule has 0 saturated carbocycles. The predicted molar refractivity (Wildman–Crippen MR) is 145 cm³/mol. The average molecular weight is 618 g/mol. The number of aromatic nitrogens is 2. The van der Waals surface area contributed by atoms with Crippen LogP contribution in [-0.4, -0.2) is 63.6 Å². The summed E-state index contributed by atoms with van der Waals surface area (Å²) in [5.74, 6) is -4.14. The van der Waals surface area contributed by atoms with E-state index in [1.165, 1.54) is 42.5 Å². The van der Waals surface area contributed by atoms with Gasteiger partial charge in [0.05, 0.1) is 16.2 Å². The van der Waals surface area contributed by atoms with Crippen LogP contribution < -0.4 is 15.0 Å². The largest absolute Gasteiger partial charge is 0.508 e. The maximum Gasteiger partial charge on any atom is 0.420 e. The van der Waals surface area contributed by atoms with Crippen molar-refractivity contribution in [1.29, 1.82) is 0 Å². The minimum Gasteiger partial charge on any atom is -0.508 e. The lowest BCUT2D eigenvalue weighted by atomic mass is 10.1. The van der Waals surface area contributed by atoms with Gasteiger partial charge in [-0.2, -0.15) is 0 Å². The molecule has 0 amide bonds. The molecule has 0 spiro atoms. The summed E-state index contributed by atoms with van der Waals surface area (Å²) in [4.78, 5) is 17.9. The number of rotatable bonds is 10. The molecule has 4 aromatic rings. The van der Waals surface area contributed by atoms with Gasteiger partial charge >= 0.3 is 22.8 Å². The number of phenolic OH excluding ortho intramolecular Hbond substituents is 2. The molecular formula is C27H27N3O12S. The Morgan fingerprint density at radius 2 is 1.58 bits per heavy atom. The van der Waals surface area contributed by atoms with Gasteiger partial charge < -0.3 is 40.8 Å². The zero-order valence-electron chi connectivity index (χ0n) is 22.4. The Kier molecular flexibility index (Phi) is 10.6. The van der Waals surface area contributed by atoms with Crippen molar-refractivity contribution in [3.05, 3.63) is 89.1 Å². The summed E-state index contributed by atoms with van der Waals surface area (Å²) < 4.78 is 35.8. The van der Waals surface area contributed by atoms with Crippen molar-refractivity contribution < 1.29 is 57.8 Å². The minimum atomic E-state index is -4.23. The number of hydrogen-bond acceptors (Lipinski definition) is 12. The maximum atomic E-state index is 12.9. The van der Waals surface area contributed by atoms with E-state index >= 15 is 0 Å². The molecule has 0 fully saturated rings. The van der Waals surface area contributed by atoms with Crippen LogP contribution in [0.4, 0.5) is 0 Å². The highest BCUT2D eigenvalue weighted by molar-refractivity contribution is 7.91. The van der Waals surface area contributed by atoms with Crippen LogP contribution in [0.3, 0.4) is 0 Å². The molecule has 0 saturated heterocycles. The topological polar surface area (TPSA) is 244 Å². The summed E-state index contributed by atoms with van der Waals surface area (Å²) in [7, 11) is -4.23. The van der Waals surface area contributed by atoms with E-state index in [4.69, 9.17) is 24.5 Å². The number of carbonyl (C=O) groups is 2. The molecule has 4 rings (SSSR count). The van der Waals surface area contributed by atoms with Crippen LogP contribution in [-0.2, 0) is 25.8 Å². The van der Waals surface area contributed by atoms with Crippen molar-refractivity contribution in [2.75, 3.05) is 6.54 Å². The third-order valence-corrected chi connectivity index (χ3v) is 7.41. The van der Waals surface area contributed by atoms with E-state index in [-0.39, 0.29) is 39.6 Å². The molecule has 2 unspecified atom stereocenters. The summed E-state index contributed by atoms with van der Waals surface area (Å²) in [5, 5.41) is 62.2. The van der Waals surface area contributed by atoms with E-state index < -0.39 is 38.8 Å². The van der Waals surface area contributed by atoms with Gasteiger partial charge in [0.15, 0.2) is 0 Å². The molecule has 0 bridgehead atoms. The highest BCUT2D eigenvalue weighted by Gasteiger charge is 2.36. The predicted octanol–water partition coefficient (Wildman–Crippen LogP) is 1.75. The Hall–Kier alpha value is -5.19. The third kappa shape index (κ3) is 8.90. The van der Waals surface area contributed by atoms with Crippen LogP contribution in [0.5, 0.6) is 23.1 Å². The highest BCUT2D eigenvalue weighted by Crippen LogP contribution is 2.29. The fourth-order valence-corrected chi connectivity index (χ4v) is 4.96. The molecule has 3 aromatic carbocycles. The zero-order chi connectivity index (χ0) is 31.7. The molecule has 0 aliphatic heterocycles. The normalized spacial score (nSPS) is 12.4. The van der Waals surface area contributed by atoms with Gasteiger partial charge in [-0.3, -0.25) is 4.63 Å². The molecule has 6 N–H and O–H groups in total. The van der Waals surface area contributed by atoms with Crippen LogP contribution in [0.2, 0.25) is 0 Å². The molecule has 43 heavy (non-hydrogen) atoms. The van der Waals surface area contributed by atoms with Crippen molar-refractivity contribution in [3.63, 3.8) is 0 Å². The SMILES string of the molecule is CC(Cc1ccc(Oc2no[n+]([O-])c2S(=O)(=O)c2ccccc2)cc1)NCC(O)c1cc(O)cc(O)c1.O=C(O)C(=O)O. The number of nitrogens with zero attached hydrogens (tertiary/aromatic N) is 2. The Morgan fingerprint density at radius 3 is 2.14 bits per heavy atom. The Balaban J connectivity index is 0.000000765. The molecule has 0 aliphatic rings. The lowest BCUT2D eigenvalue weighted by Crippen LogP contribution is -2.32. The van der Waals surface area contributed by atoms with Crippen LogP contribution in [0.1, 0.15) is 24.2 Å². The number of hydrogen-bond donors (Lipinski definition) is 6. The van der Waals surface area contributed by atoms with Crippen LogP contribution in [0, 0.1) is 5.21 Å². The van der Waals surface area contributed by atoms with Crippen molar-refractivity contribution in [3.8, 4) is 23.1 Å². The van der Waals surface area contributed by atoms with E-state index in [1.807, 2.05) is 6.92 Å². The van der Waals surface area contributed by atoms with Gasteiger partial charge in [-0.05, 0) is 65.8 Å². The molecule has 0 radical (unpaired) electrons. The van der Waals surface area contributed by atoms with Gasteiger partial charge in [-0.25, -0.2) is 18.0 Å². The first kappa shape index (κ1) is 32.3. The number of phenols is 2. The Bertz CT molecular complexity index is 1630. The summed E-state index contributed by atoms with van der Waals surface area (Å²) in [6, 6.07) is 18.1. The summed E-state index contributed by atoms with van der Waals surface area (Å²) in [6.07, 6.45) is -0.333. The molecule has 228 valence electrons. The quantitative estimate of drug-likeness (QED) is 0.110. The van der Waals surface area contributed by atoms with E-state index in [0.717, 1.165) is 5.56 Å². The number of sulfone groups is 1. The third-order valence-electron chi connectivity index (χ3n) is 5.69. The number of aromatic hydroxyl groups is 2. The molecule has 16 heteroatoms. The number of aliphatic hydroxyl groups excluding tert-OH is 1. The molecule has 15 nitrogen and oxygen atoms in total. The second kappa shape index (κ2) is 14.1. The second-order valence-corrected chi connectivity index (χ2v) is 10.9. The smallest absolute Gasteiger partial charge is 0.420 e. The fourth-order valence-electron chi connectivity index (χ4n) is 3.69. The summed E-state index contributed by atoms with van der Waals surface area (Å²) >= 11 is 0. The summed E-state index contributed by atoms with van der Waals surface area (Å²) in [5.41, 5.74) is 1.31. The zero-order valence-corrected chi connectivity index (χ0v) is 23.2. The molecule has 0 aliphatic carbocycles. The minimum absolute atomic E-state index is 0.0371. The van der Waals surface area contributed by atoms with E-state index in [2.05, 4.69) is 15.1 Å². The fraction of sp³-hybridized carbons (Fsp3) is 0.185. The number of nitrogens with one attached hydrogen (secondary N) is 1. The first-order valence-corrected chi connectivity index (χ1v) is 13.8. The number of carboxylic acids is 2. The first-order chi connectivity index (χ1) is 20.3. The van der Waals surface area contributed by atoms with Crippen molar-refractivity contribution in [2.45, 2.75) is 35.4 Å². The number of aliphatic hydroxyl groups is 1. The molecule has 1 heterocycles. The molecule has 1 aromatic heterocycles. The monoisotopic (exact) mass is 617 g/mol. The molecular weight excluding hydrogens is 590 g/mol. The first-order valence-electron chi connectivity index (χ1n) is 12.3. The Labute approximate surface area is 244 Å². The highest BCUT2D eigenvalue weighted by atomic mass is 32.2. The number of ether oxygens (including phenoxy) is 1. The van der Waals surface area contributed by atoms with Crippen molar-refractivity contribution >= 4 is 21.8 Å². The van der Waals surface area contributed by atoms with Crippen molar-refractivity contribution in [1.82, 2.24) is 10.5 Å². The van der Waals surface area contributed by atoms with Gasteiger partial charge in [-0.1, -0.05) is 30.3 Å². The molecule has 2 atom stereocenters. The maximum absolute atomic E-state index is 12.9.